The average Bonchev–Trinajstić information content (AvgIpc) is 2.36. The van der Waals surface area contributed by atoms with E-state index in [-0.39, 0.29) is 28.2 Å². The maximum absolute atomic E-state index is 11.9. The fourth-order valence-electron chi connectivity index (χ4n) is 1.40. The number of primary sulfonamides is 1. The van der Waals surface area contributed by atoms with Gasteiger partial charge in [-0.3, -0.25) is 0 Å². The molecule has 0 bridgehead atoms. The molecule has 2 N–H and O–H groups in total. The molecule has 1 aromatic rings. The van der Waals surface area contributed by atoms with Crippen LogP contribution in [0.4, 0.5) is 0 Å². The van der Waals surface area contributed by atoms with Crippen molar-refractivity contribution in [1.29, 1.82) is 0 Å². The van der Waals surface area contributed by atoms with Crippen molar-refractivity contribution in [2.24, 2.45) is 11.1 Å². The number of rotatable bonds is 5. The van der Waals surface area contributed by atoms with Gasteiger partial charge in [-0.05, 0) is 31.0 Å². The molecule has 1 unspecified atom stereocenters. The van der Waals surface area contributed by atoms with E-state index >= 15 is 0 Å². The van der Waals surface area contributed by atoms with Gasteiger partial charge in [-0.25, -0.2) is 18.4 Å². The maximum Gasteiger partial charge on any atom is 0.338 e. The Labute approximate surface area is 118 Å². The van der Waals surface area contributed by atoms with Gasteiger partial charge in [0.25, 0.3) is 0 Å². The quantitative estimate of drug-likeness (QED) is 0.832. The van der Waals surface area contributed by atoms with Crippen LogP contribution in [0.3, 0.4) is 0 Å². The fraction of sp³-hybridized carbons (Fsp3) is 0.462. The van der Waals surface area contributed by atoms with E-state index < -0.39 is 16.0 Å². The van der Waals surface area contributed by atoms with Crippen molar-refractivity contribution < 1.29 is 22.7 Å². The molecule has 0 spiro atoms. The van der Waals surface area contributed by atoms with Crippen molar-refractivity contribution in [3.63, 3.8) is 0 Å². The Hall–Kier alpha value is -1.60. The highest BCUT2D eigenvalue weighted by atomic mass is 32.2. The fourth-order valence-corrected chi connectivity index (χ4v) is 2.12. The Balaban J connectivity index is 3.13. The van der Waals surface area contributed by atoms with E-state index in [0.29, 0.717) is 0 Å². The van der Waals surface area contributed by atoms with Gasteiger partial charge in [-0.15, -0.1) is 0 Å². The first kappa shape index (κ1) is 16.5. The normalized spacial score (nSPS) is 13.1. The molecule has 1 rings (SSSR count). The van der Waals surface area contributed by atoms with Crippen LogP contribution in [0.5, 0.6) is 5.75 Å². The molecule has 0 heterocycles. The molecule has 1 atom stereocenters. The monoisotopic (exact) mass is 301 g/mol. The third-order valence-corrected chi connectivity index (χ3v) is 3.87. The molecule has 0 fully saturated rings. The van der Waals surface area contributed by atoms with Crippen molar-refractivity contribution in [2.45, 2.75) is 31.8 Å². The number of esters is 1. The first-order valence-corrected chi connectivity index (χ1v) is 7.63. The van der Waals surface area contributed by atoms with Gasteiger partial charge < -0.3 is 9.47 Å². The van der Waals surface area contributed by atoms with Gasteiger partial charge in [0.05, 0.1) is 12.7 Å². The molecule has 20 heavy (non-hydrogen) atoms. The number of sulfonamides is 1. The van der Waals surface area contributed by atoms with Gasteiger partial charge >= 0.3 is 5.97 Å². The lowest BCUT2D eigenvalue weighted by molar-refractivity contribution is 0.0237. The molecule has 112 valence electrons. The van der Waals surface area contributed by atoms with Gasteiger partial charge in [0.1, 0.15) is 16.7 Å². The molecule has 0 radical (unpaired) electrons. The summed E-state index contributed by atoms with van der Waals surface area (Å²) in [7, 11) is -2.66. The van der Waals surface area contributed by atoms with E-state index in [1.54, 1.807) is 6.92 Å². The summed E-state index contributed by atoms with van der Waals surface area (Å²) in [6.07, 6.45) is -0.275. The minimum atomic E-state index is -3.98. The van der Waals surface area contributed by atoms with Crippen LogP contribution >= 0.6 is 0 Å². The summed E-state index contributed by atoms with van der Waals surface area (Å²) in [4.78, 5) is 11.7. The first-order valence-electron chi connectivity index (χ1n) is 6.08. The van der Waals surface area contributed by atoms with Gasteiger partial charge in [-0.2, -0.15) is 0 Å². The molecule has 0 aliphatic carbocycles. The van der Waals surface area contributed by atoms with Crippen molar-refractivity contribution in [3.8, 4) is 5.75 Å². The third kappa shape index (κ3) is 3.94. The summed E-state index contributed by atoms with van der Waals surface area (Å²) in [5, 5.41) is 5.09. The van der Waals surface area contributed by atoms with E-state index in [1.807, 2.05) is 13.8 Å². The van der Waals surface area contributed by atoms with Crippen molar-refractivity contribution in [2.75, 3.05) is 7.11 Å². The summed E-state index contributed by atoms with van der Waals surface area (Å²) in [5.41, 5.74) is 0.113. The second kappa shape index (κ2) is 6.23. The lowest BCUT2D eigenvalue weighted by atomic mass is 10.1. The predicted octanol–water partition coefficient (Wildman–Crippen LogP) is 1.54. The summed E-state index contributed by atoms with van der Waals surface area (Å²) < 4.78 is 33.1. The Morgan fingerprint density at radius 3 is 2.30 bits per heavy atom. The average molecular weight is 301 g/mol. The Morgan fingerprint density at radius 2 is 1.85 bits per heavy atom. The van der Waals surface area contributed by atoms with Crippen molar-refractivity contribution >= 4 is 16.0 Å². The number of benzene rings is 1. The Bertz CT molecular complexity index is 595. The summed E-state index contributed by atoms with van der Waals surface area (Å²) in [6.45, 7) is 5.61. The number of hydrogen-bond acceptors (Lipinski definition) is 5. The van der Waals surface area contributed by atoms with Crippen LogP contribution in [0, 0.1) is 5.92 Å². The zero-order valence-electron chi connectivity index (χ0n) is 11.9. The molecule has 0 aliphatic rings. The smallest absolute Gasteiger partial charge is 0.338 e. The standard InChI is InChI=1S/C13H19NO5S/c1-8(2)9(3)19-13(15)10-5-6-11(18-4)12(7-10)20(14,16)17/h5-9H,1-4H3,(H2,14,16,17). The first-order chi connectivity index (χ1) is 9.16. The SMILES string of the molecule is COc1ccc(C(=O)OC(C)C(C)C)cc1S(N)(=O)=O. The van der Waals surface area contributed by atoms with Crippen molar-refractivity contribution in [3.05, 3.63) is 23.8 Å². The van der Waals surface area contributed by atoms with Crippen LogP contribution < -0.4 is 9.88 Å². The third-order valence-electron chi connectivity index (χ3n) is 2.94. The molecule has 0 saturated carbocycles. The van der Waals surface area contributed by atoms with Crippen LogP contribution in [0.1, 0.15) is 31.1 Å². The van der Waals surface area contributed by atoms with Crippen LogP contribution in [0.2, 0.25) is 0 Å². The second-order valence-corrected chi connectivity index (χ2v) is 6.29. The molecule has 0 amide bonds. The Kier molecular flexibility index (Phi) is 5.13. The summed E-state index contributed by atoms with van der Waals surface area (Å²) in [5.74, 6) is -0.352. The minimum Gasteiger partial charge on any atom is -0.495 e. The summed E-state index contributed by atoms with van der Waals surface area (Å²) in [6, 6.07) is 3.96. The lowest BCUT2D eigenvalue weighted by Gasteiger charge is -2.17. The molecule has 0 saturated heterocycles. The van der Waals surface area contributed by atoms with Crippen LogP contribution in [-0.2, 0) is 14.8 Å². The molecule has 0 aliphatic heterocycles. The summed E-state index contributed by atoms with van der Waals surface area (Å²) >= 11 is 0. The zero-order chi connectivity index (χ0) is 15.5. The molecular formula is C13H19NO5S. The highest BCUT2D eigenvalue weighted by molar-refractivity contribution is 7.89. The van der Waals surface area contributed by atoms with E-state index in [0.717, 1.165) is 6.07 Å². The van der Waals surface area contributed by atoms with E-state index in [4.69, 9.17) is 14.6 Å². The van der Waals surface area contributed by atoms with Gasteiger partial charge in [0.2, 0.25) is 10.0 Å². The predicted molar refractivity (Wildman–Crippen MR) is 74.1 cm³/mol. The van der Waals surface area contributed by atoms with E-state index in [1.165, 1.54) is 19.2 Å². The largest absolute Gasteiger partial charge is 0.495 e. The number of carbonyl (C=O) groups excluding carboxylic acids is 1. The second-order valence-electron chi connectivity index (χ2n) is 4.77. The van der Waals surface area contributed by atoms with Gasteiger partial charge in [0, 0.05) is 0 Å². The zero-order valence-corrected chi connectivity index (χ0v) is 12.7. The van der Waals surface area contributed by atoms with E-state index in [2.05, 4.69) is 0 Å². The number of hydrogen-bond donors (Lipinski definition) is 1. The molecular weight excluding hydrogens is 282 g/mol. The highest BCUT2D eigenvalue weighted by Crippen LogP contribution is 2.24. The Morgan fingerprint density at radius 1 is 1.25 bits per heavy atom. The topological polar surface area (TPSA) is 95.7 Å². The lowest BCUT2D eigenvalue weighted by Crippen LogP contribution is -2.21. The number of carbonyl (C=O) groups is 1. The van der Waals surface area contributed by atoms with Gasteiger partial charge in [0.15, 0.2) is 0 Å². The molecule has 7 heteroatoms. The van der Waals surface area contributed by atoms with Crippen molar-refractivity contribution in [1.82, 2.24) is 0 Å². The van der Waals surface area contributed by atoms with Gasteiger partial charge in [-0.1, -0.05) is 13.8 Å². The van der Waals surface area contributed by atoms with Crippen LogP contribution in [-0.4, -0.2) is 27.6 Å². The number of ether oxygens (including phenoxy) is 2. The number of nitrogens with two attached hydrogens (primary N) is 1. The molecule has 0 aromatic heterocycles. The molecule has 1 aromatic carbocycles. The highest BCUT2D eigenvalue weighted by Gasteiger charge is 2.20. The molecule has 6 nitrogen and oxygen atoms in total. The maximum atomic E-state index is 11.9. The number of methoxy groups -OCH3 is 1. The van der Waals surface area contributed by atoms with Crippen LogP contribution in [0.15, 0.2) is 23.1 Å². The minimum absolute atomic E-state index is 0.0842. The van der Waals surface area contributed by atoms with E-state index in [9.17, 15) is 13.2 Å². The van der Waals surface area contributed by atoms with Crippen LogP contribution in [0.25, 0.3) is 0 Å².